The Balaban J connectivity index is 1.60. The van der Waals surface area contributed by atoms with Gasteiger partial charge in [0.25, 0.3) is 0 Å². The third-order valence-corrected chi connectivity index (χ3v) is 3.67. The van der Waals surface area contributed by atoms with E-state index in [2.05, 4.69) is 6.92 Å². The SMILES string of the molecule is CCCC1(COc2ccccc2)OCC(Oc2ccccc2)O1. The summed E-state index contributed by atoms with van der Waals surface area (Å²) >= 11 is 0. The van der Waals surface area contributed by atoms with Gasteiger partial charge in [-0.1, -0.05) is 49.7 Å². The van der Waals surface area contributed by atoms with Crippen molar-refractivity contribution in [3.05, 3.63) is 60.7 Å². The molecular formula is C19H22O4. The molecule has 0 aromatic heterocycles. The van der Waals surface area contributed by atoms with Gasteiger partial charge in [0.15, 0.2) is 0 Å². The van der Waals surface area contributed by atoms with Gasteiger partial charge in [0.1, 0.15) is 24.7 Å². The second kappa shape index (κ2) is 7.49. The van der Waals surface area contributed by atoms with Crippen molar-refractivity contribution < 1.29 is 18.9 Å². The van der Waals surface area contributed by atoms with Crippen LogP contribution in [0, 0.1) is 0 Å². The Hall–Kier alpha value is -2.04. The third kappa shape index (κ3) is 4.24. The zero-order valence-corrected chi connectivity index (χ0v) is 13.3. The Kier molecular flexibility index (Phi) is 5.16. The average Bonchev–Trinajstić information content (AvgIpc) is 2.98. The minimum atomic E-state index is -0.746. The molecule has 0 saturated carbocycles. The highest BCUT2D eigenvalue weighted by Gasteiger charge is 2.43. The predicted octanol–water partition coefficient (Wildman–Crippen LogP) is 4.01. The molecule has 2 aromatic rings. The van der Waals surface area contributed by atoms with Gasteiger partial charge in [0.05, 0.1) is 0 Å². The Bertz CT molecular complexity index is 587. The maximum atomic E-state index is 6.05. The van der Waals surface area contributed by atoms with E-state index in [1.807, 2.05) is 60.7 Å². The highest BCUT2D eigenvalue weighted by molar-refractivity contribution is 5.22. The van der Waals surface area contributed by atoms with E-state index in [0.29, 0.717) is 13.2 Å². The quantitative estimate of drug-likeness (QED) is 0.773. The fourth-order valence-electron chi connectivity index (χ4n) is 2.61. The molecule has 1 saturated heterocycles. The van der Waals surface area contributed by atoms with Crippen molar-refractivity contribution in [1.82, 2.24) is 0 Å². The summed E-state index contributed by atoms with van der Waals surface area (Å²) in [7, 11) is 0. The first-order chi connectivity index (χ1) is 11.3. The first-order valence-corrected chi connectivity index (χ1v) is 8.01. The van der Waals surface area contributed by atoms with E-state index in [0.717, 1.165) is 24.3 Å². The molecule has 0 amide bonds. The molecule has 2 atom stereocenters. The number of hydrogen-bond acceptors (Lipinski definition) is 4. The van der Waals surface area contributed by atoms with Gasteiger partial charge in [0, 0.05) is 6.42 Å². The van der Waals surface area contributed by atoms with E-state index in [-0.39, 0.29) is 0 Å². The van der Waals surface area contributed by atoms with E-state index in [1.165, 1.54) is 0 Å². The van der Waals surface area contributed by atoms with Crippen LogP contribution in [0.25, 0.3) is 0 Å². The minimum Gasteiger partial charge on any atom is -0.488 e. The summed E-state index contributed by atoms with van der Waals surface area (Å²) in [6, 6.07) is 19.3. The van der Waals surface area contributed by atoms with Crippen LogP contribution in [-0.4, -0.2) is 25.3 Å². The van der Waals surface area contributed by atoms with Crippen LogP contribution in [0.4, 0.5) is 0 Å². The molecule has 4 heteroatoms. The smallest absolute Gasteiger partial charge is 0.226 e. The van der Waals surface area contributed by atoms with Gasteiger partial charge in [-0.15, -0.1) is 0 Å². The second-order valence-corrected chi connectivity index (χ2v) is 5.55. The number of para-hydroxylation sites is 2. The Morgan fingerprint density at radius 2 is 1.65 bits per heavy atom. The van der Waals surface area contributed by atoms with Crippen molar-refractivity contribution in [2.24, 2.45) is 0 Å². The molecule has 4 nitrogen and oxygen atoms in total. The zero-order chi connectivity index (χ0) is 16.0. The molecule has 3 rings (SSSR count). The van der Waals surface area contributed by atoms with Crippen LogP contribution in [0.3, 0.4) is 0 Å². The summed E-state index contributed by atoms with van der Waals surface area (Å²) in [5.74, 6) is 0.837. The molecule has 1 aliphatic heterocycles. The first kappa shape index (κ1) is 15.8. The summed E-state index contributed by atoms with van der Waals surface area (Å²) in [5, 5.41) is 0. The summed E-state index contributed by atoms with van der Waals surface area (Å²) in [5.41, 5.74) is 0. The highest BCUT2D eigenvalue weighted by atomic mass is 16.8. The van der Waals surface area contributed by atoms with Crippen LogP contribution < -0.4 is 9.47 Å². The van der Waals surface area contributed by atoms with Crippen LogP contribution in [0.5, 0.6) is 11.5 Å². The standard InChI is InChI=1S/C19H22O4/c1-2-13-19(15-20-16-9-5-3-6-10-16)21-14-18(23-19)22-17-11-7-4-8-12-17/h3-12,18H,2,13-15H2,1H3. The lowest BCUT2D eigenvalue weighted by molar-refractivity contribution is -0.211. The van der Waals surface area contributed by atoms with Gasteiger partial charge in [0.2, 0.25) is 12.1 Å². The van der Waals surface area contributed by atoms with Crippen molar-refractivity contribution in [1.29, 1.82) is 0 Å². The van der Waals surface area contributed by atoms with Gasteiger partial charge in [-0.2, -0.15) is 0 Å². The van der Waals surface area contributed by atoms with E-state index >= 15 is 0 Å². The molecule has 1 fully saturated rings. The van der Waals surface area contributed by atoms with Gasteiger partial charge in [-0.25, -0.2) is 0 Å². The number of benzene rings is 2. The van der Waals surface area contributed by atoms with Gasteiger partial charge in [-0.05, 0) is 24.3 Å². The van der Waals surface area contributed by atoms with Crippen LogP contribution in [0.2, 0.25) is 0 Å². The molecule has 0 bridgehead atoms. The zero-order valence-electron chi connectivity index (χ0n) is 13.3. The first-order valence-electron chi connectivity index (χ1n) is 8.01. The monoisotopic (exact) mass is 314 g/mol. The minimum absolute atomic E-state index is 0.347. The molecule has 0 spiro atoms. The van der Waals surface area contributed by atoms with Crippen molar-refractivity contribution in [3.8, 4) is 11.5 Å². The molecule has 0 aliphatic carbocycles. The van der Waals surface area contributed by atoms with E-state index in [9.17, 15) is 0 Å². The predicted molar refractivity (Wildman–Crippen MR) is 87.5 cm³/mol. The van der Waals surface area contributed by atoms with Gasteiger partial charge < -0.3 is 18.9 Å². The molecule has 2 unspecified atom stereocenters. The van der Waals surface area contributed by atoms with Crippen molar-refractivity contribution in [2.75, 3.05) is 13.2 Å². The normalized spacial score (nSPS) is 23.6. The Labute approximate surface area is 136 Å². The molecule has 2 aromatic carbocycles. The lowest BCUT2D eigenvalue weighted by Crippen LogP contribution is -2.38. The Morgan fingerprint density at radius 3 is 2.30 bits per heavy atom. The largest absolute Gasteiger partial charge is 0.488 e. The van der Waals surface area contributed by atoms with Crippen molar-refractivity contribution >= 4 is 0 Å². The maximum Gasteiger partial charge on any atom is 0.226 e. The van der Waals surface area contributed by atoms with Crippen molar-refractivity contribution in [3.63, 3.8) is 0 Å². The van der Waals surface area contributed by atoms with Gasteiger partial charge >= 0.3 is 0 Å². The van der Waals surface area contributed by atoms with E-state index in [1.54, 1.807) is 0 Å². The fourth-order valence-corrected chi connectivity index (χ4v) is 2.61. The Morgan fingerprint density at radius 1 is 1.00 bits per heavy atom. The summed E-state index contributed by atoms with van der Waals surface area (Å²) in [6.45, 7) is 2.84. The van der Waals surface area contributed by atoms with Crippen LogP contribution in [0.15, 0.2) is 60.7 Å². The number of ether oxygens (including phenoxy) is 4. The average molecular weight is 314 g/mol. The van der Waals surface area contributed by atoms with Crippen LogP contribution in [-0.2, 0) is 9.47 Å². The fraction of sp³-hybridized carbons (Fsp3) is 0.368. The summed E-state index contributed by atoms with van der Waals surface area (Å²) < 4.78 is 23.6. The number of rotatable bonds is 7. The summed E-state index contributed by atoms with van der Waals surface area (Å²) in [4.78, 5) is 0. The van der Waals surface area contributed by atoms with Crippen LogP contribution in [0.1, 0.15) is 19.8 Å². The van der Waals surface area contributed by atoms with Crippen molar-refractivity contribution in [2.45, 2.75) is 31.8 Å². The third-order valence-electron chi connectivity index (χ3n) is 3.67. The molecule has 0 radical (unpaired) electrons. The van der Waals surface area contributed by atoms with Gasteiger partial charge in [-0.3, -0.25) is 0 Å². The summed E-state index contributed by atoms with van der Waals surface area (Å²) in [6.07, 6.45) is 1.29. The molecule has 1 heterocycles. The molecular weight excluding hydrogens is 292 g/mol. The van der Waals surface area contributed by atoms with Crippen LogP contribution >= 0.6 is 0 Å². The maximum absolute atomic E-state index is 6.05. The molecule has 0 N–H and O–H groups in total. The highest BCUT2D eigenvalue weighted by Crippen LogP contribution is 2.31. The van der Waals surface area contributed by atoms with E-state index in [4.69, 9.17) is 18.9 Å². The topological polar surface area (TPSA) is 36.9 Å². The lowest BCUT2D eigenvalue weighted by Gasteiger charge is -2.27. The van der Waals surface area contributed by atoms with E-state index < -0.39 is 12.1 Å². The molecule has 1 aliphatic rings. The number of hydrogen-bond donors (Lipinski definition) is 0. The molecule has 23 heavy (non-hydrogen) atoms. The molecule has 122 valence electrons. The second-order valence-electron chi connectivity index (χ2n) is 5.55. The lowest BCUT2D eigenvalue weighted by atomic mass is 10.1.